The molecule has 7 unspecified atom stereocenters. The third-order valence-corrected chi connectivity index (χ3v) is 11.6. The molecule has 0 aromatic carbocycles. The highest BCUT2D eigenvalue weighted by Crippen LogP contribution is 2.71. The van der Waals surface area contributed by atoms with E-state index in [0.29, 0.717) is 23.3 Å². The standard InChI is InChI=1S/C31H50O3/c1-19(2)10-9-11-20(3)23-14-16-31(7)26-13-12-24-21(4)27(32)22(28(33)34-8)18-29(24,5)25(26)15-17-30(23,31)6/h19-21,23-24,32H,9-18H2,1-8H3. The molecule has 1 saturated carbocycles. The summed E-state index contributed by atoms with van der Waals surface area (Å²) in [4.78, 5) is 12.6. The summed E-state index contributed by atoms with van der Waals surface area (Å²) in [6.45, 7) is 16.9. The lowest BCUT2D eigenvalue weighted by Gasteiger charge is -2.59. The normalized spacial score (nSPS) is 40.7. The molecule has 0 heterocycles. The molecule has 0 bridgehead atoms. The molecule has 3 heteroatoms. The smallest absolute Gasteiger partial charge is 0.337 e. The zero-order valence-electron chi connectivity index (χ0n) is 23.2. The number of allylic oxidation sites excluding steroid dienone is 3. The zero-order chi connectivity index (χ0) is 25.1. The van der Waals surface area contributed by atoms with Gasteiger partial charge in [0.25, 0.3) is 0 Å². The third kappa shape index (κ3) is 3.70. The first-order valence-electron chi connectivity index (χ1n) is 14.1. The van der Waals surface area contributed by atoms with Crippen molar-refractivity contribution in [2.75, 3.05) is 7.11 Å². The van der Waals surface area contributed by atoms with Gasteiger partial charge in [-0.3, -0.25) is 0 Å². The molecule has 4 rings (SSSR count). The summed E-state index contributed by atoms with van der Waals surface area (Å²) in [5, 5.41) is 10.9. The molecule has 1 fully saturated rings. The lowest BCUT2D eigenvalue weighted by atomic mass is 9.45. The molecule has 0 saturated heterocycles. The number of ether oxygens (including phenoxy) is 1. The third-order valence-electron chi connectivity index (χ3n) is 11.6. The largest absolute Gasteiger partial charge is 0.511 e. The van der Waals surface area contributed by atoms with E-state index < -0.39 is 0 Å². The van der Waals surface area contributed by atoms with Crippen LogP contribution >= 0.6 is 0 Å². The topological polar surface area (TPSA) is 46.5 Å². The molecule has 0 amide bonds. The Balaban J connectivity index is 1.66. The van der Waals surface area contributed by atoms with Crippen molar-refractivity contribution in [2.24, 2.45) is 45.8 Å². The average Bonchev–Trinajstić information content (AvgIpc) is 3.07. The molecular weight excluding hydrogens is 420 g/mol. The van der Waals surface area contributed by atoms with Crippen molar-refractivity contribution in [3.8, 4) is 0 Å². The summed E-state index contributed by atoms with van der Waals surface area (Å²) in [7, 11) is 1.43. The molecule has 7 atom stereocenters. The Bertz CT molecular complexity index is 881. The molecule has 4 aliphatic rings. The Morgan fingerprint density at radius 3 is 2.41 bits per heavy atom. The quantitative estimate of drug-likeness (QED) is 0.313. The van der Waals surface area contributed by atoms with Crippen LogP contribution in [0.15, 0.2) is 22.5 Å². The number of esters is 1. The lowest BCUT2D eigenvalue weighted by Crippen LogP contribution is -2.50. The van der Waals surface area contributed by atoms with Crippen molar-refractivity contribution in [1.82, 2.24) is 0 Å². The van der Waals surface area contributed by atoms with E-state index in [1.165, 1.54) is 52.1 Å². The van der Waals surface area contributed by atoms with Gasteiger partial charge in [0.2, 0.25) is 0 Å². The summed E-state index contributed by atoms with van der Waals surface area (Å²) in [6, 6.07) is 0. The van der Waals surface area contributed by atoms with Gasteiger partial charge in [-0.1, -0.05) is 78.9 Å². The van der Waals surface area contributed by atoms with Crippen LogP contribution in [0.1, 0.15) is 113 Å². The van der Waals surface area contributed by atoms with E-state index >= 15 is 0 Å². The van der Waals surface area contributed by atoms with E-state index in [-0.39, 0.29) is 28.5 Å². The fourth-order valence-corrected chi connectivity index (χ4v) is 9.41. The highest BCUT2D eigenvalue weighted by atomic mass is 16.5. The number of carbonyl (C=O) groups excluding carboxylic acids is 1. The molecule has 0 spiro atoms. The van der Waals surface area contributed by atoms with Crippen molar-refractivity contribution < 1.29 is 14.6 Å². The predicted molar refractivity (Wildman–Crippen MR) is 139 cm³/mol. The zero-order valence-corrected chi connectivity index (χ0v) is 23.2. The fraction of sp³-hybridized carbons (Fsp3) is 0.839. The molecular formula is C31H50O3. The van der Waals surface area contributed by atoms with E-state index in [1.54, 1.807) is 11.1 Å². The van der Waals surface area contributed by atoms with Gasteiger partial charge in [0, 0.05) is 5.92 Å². The second-order valence-electron chi connectivity index (χ2n) is 13.5. The molecule has 34 heavy (non-hydrogen) atoms. The highest BCUT2D eigenvalue weighted by Gasteiger charge is 2.62. The summed E-state index contributed by atoms with van der Waals surface area (Å²) < 4.78 is 5.09. The Labute approximate surface area is 208 Å². The molecule has 0 aromatic rings. The maximum absolute atomic E-state index is 12.6. The minimum atomic E-state index is -0.347. The number of hydrogen-bond donors (Lipinski definition) is 1. The maximum atomic E-state index is 12.6. The van der Waals surface area contributed by atoms with Gasteiger partial charge < -0.3 is 9.84 Å². The minimum Gasteiger partial charge on any atom is -0.511 e. The van der Waals surface area contributed by atoms with Gasteiger partial charge >= 0.3 is 5.97 Å². The summed E-state index contributed by atoms with van der Waals surface area (Å²) >= 11 is 0. The monoisotopic (exact) mass is 470 g/mol. The molecule has 3 nitrogen and oxygen atoms in total. The van der Waals surface area contributed by atoms with Crippen LogP contribution in [0.2, 0.25) is 0 Å². The Morgan fingerprint density at radius 2 is 1.76 bits per heavy atom. The Hall–Kier alpha value is -1.25. The van der Waals surface area contributed by atoms with E-state index in [9.17, 15) is 9.90 Å². The molecule has 192 valence electrons. The van der Waals surface area contributed by atoms with E-state index in [2.05, 4.69) is 48.5 Å². The van der Waals surface area contributed by atoms with Crippen molar-refractivity contribution in [3.05, 3.63) is 22.5 Å². The number of fused-ring (bicyclic) bond motifs is 4. The van der Waals surface area contributed by atoms with Gasteiger partial charge in [-0.2, -0.15) is 0 Å². The first kappa shape index (κ1) is 25.8. The molecule has 0 radical (unpaired) electrons. The summed E-state index contributed by atoms with van der Waals surface area (Å²) in [6.07, 6.45) is 12.1. The average molecular weight is 471 g/mol. The van der Waals surface area contributed by atoms with E-state index in [0.717, 1.165) is 30.6 Å². The van der Waals surface area contributed by atoms with Gasteiger partial charge in [0.05, 0.1) is 12.7 Å². The number of rotatable bonds is 6. The van der Waals surface area contributed by atoms with Crippen LogP contribution in [0.4, 0.5) is 0 Å². The number of hydrogen-bond acceptors (Lipinski definition) is 3. The lowest BCUT2D eigenvalue weighted by molar-refractivity contribution is -0.137. The fourth-order valence-electron chi connectivity index (χ4n) is 9.41. The highest BCUT2D eigenvalue weighted by molar-refractivity contribution is 5.89. The number of carbonyl (C=O) groups is 1. The molecule has 0 aliphatic heterocycles. The van der Waals surface area contributed by atoms with Gasteiger partial charge in [0.1, 0.15) is 5.76 Å². The summed E-state index contributed by atoms with van der Waals surface area (Å²) in [5.41, 5.74) is 4.48. The van der Waals surface area contributed by atoms with Crippen molar-refractivity contribution >= 4 is 5.97 Å². The van der Waals surface area contributed by atoms with Crippen LogP contribution in [0.25, 0.3) is 0 Å². The SMILES string of the molecule is COC(=O)C1=C(O)C(C)C2CCC3=C(CCC4(C)C(C(C)CCCC(C)C)CCC34C)C2(C)C1. The van der Waals surface area contributed by atoms with Crippen LogP contribution in [0.5, 0.6) is 0 Å². The van der Waals surface area contributed by atoms with Crippen LogP contribution in [0.3, 0.4) is 0 Å². The van der Waals surface area contributed by atoms with Crippen LogP contribution in [-0.2, 0) is 9.53 Å². The Kier molecular flexibility index (Phi) is 6.84. The van der Waals surface area contributed by atoms with Crippen molar-refractivity contribution in [1.29, 1.82) is 0 Å². The maximum Gasteiger partial charge on any atom is 0.337 e. The van der Waals surface area contributed by atoms with Gasteiger partial charge in [-0.15, -0.1) is 0 Å². The van der Waals surface area contributed by atoms with E-state index in [1.807, 2.05) is 0 Å². The van der Waals surface area contributed by atoms with Gasteiger partial charge in [-0.05, 0) is 84.9 Å². The predicted octanol–water partition coefficient (Wildman–Crippen LogP) is 8.40. The Morgan fingerprint density at radius 1 is 1.06 bits per heavy atom. The van der Waals surface area contributed by atoms with Crippen molar-refractivity contribution in [3.63, 3.8) is 0 Å². The van der Waals surface area contributed by atoms with Crippen LogP contribution < -0.4 is 0 Å². The first-order chi connectivity index (χ1) is 15.9. The first-order valence-corrected chi connectivity index (χ1v) is 14.1. The summed E-state index contributed by atoms with van der Waals surface area (Å²) in [5.74, 6) is 2.75. The number of methoxy groups -OCH3 is 1. The minimum absolute atomic E-state index is 0.0142. The molecule has 1 N–H and O–H groups in total. The van der Waals surface area contributed by atoms with Crippen LogP contribution in [-0.4, -0.2) is 18.2 Å². The second-order valence-corrected chi connectivity index (χ2v) is 13.5. The van der Waals surface area contributed by atoms with Gasteiger partial charge in [0.15, 0.2) is 0 Å². The van der Waals surface area contributed by atoms with E-state index in [4.69, 9.17) is 4.74 Å². The van der Waals surface area contributed by atoms with Crippen LogP contribution in [0, 0.1) is 45.8 Å². The molecule has 4 aliphatic carbocycles. The number of aliphatic hydroxyl groups excluding tert-OH is 1. The second kappa shape index (κ2) is 9.00. The van der Waals surface area contributed by atoms with Crippen molar-refractivity contribution in [2.45, 2.75) is 113 Å². The van der Waals surface area contributed by atoms with Gasteiger partial charge in [-0.25, -0.2) is 4.79 Å². The molecule has 0 aromatic heterocycles. The number of aliphatic hydroxyl groups is 1.